The number of rotatable bonds is 9. The second-order valence-corrected chi connectivity index (χ2v) is 14.6. The van der Waals surface area contributed by atoms with Gasteiger partial charge in [0.25, 0.3) is 0 Å². The molecule has 0 aliphatic carbocycles. The number of nitrogens with zero attached hydrogens (tertiary/aromatic N) is 1. The molecule has 5 rings (SSSR count). The van der Waals surface area contributed by atoms with Crippen LogP contribution in [0.1, 0.15) is 36.8 Å². The smallest absolute Gasteiger partial charge is 0.407 e. The van der Waals surface area contributed by atoms with Crippen molar-refractivity contribution < 1.29 is 39.5 Å². The van der Waals surface area contributed by atoms with Gasteiger partial charge in [0.15, 0.2) is 11.6 Å². The summed E-state index contributed by atoms with van der Waals surface area (Å²) in [6, 6.07) is 6.52. The zero-order chi connectivity index (χ0) is 29.5. The van der Waals surface area contributed by atoms with Gasteiger partial charge in [0.2, 0.25) is 19.9 Å². The van der Waals surface area contributed by atoms with Crippen molar-refractivity contribution >= 4 is 32.0 Å². The van der Waals surface area contributed by atoms with Crippen molar-refractivity contribution in [2.24, 2.45) is 11.7 Å². The van der Waals surface area contributed by atoms with Gasteiger partial charge >= 0.3 is 6.09 Å². The molecule has 0 saturated carbocycles. The van der Waals surface area contributed by atoms with Crippen LogP contribution in [0.25, 0.3) is 6.08 Å². The summed E-state index contributed by atoms with van der Waals surface area (Å²) >= 11 is 0. The zero-order valence-electron chi connectivity index (χ0n) is 21.9. The van der Waals surface area contributed by atoms with Gasteiger partial charge in [0, 0.05) is 30.7 Å². The fourth-order valence-corrected chi connectivity index (χ4v) is 9.39. The van der Waals surface area contributed by atoms with E-state index in [1.807, 2.05) is 0 Å². The summed E-state index contributed by atoms with van der Waals surface area (Å²) in [5.41, 5.74) is 6.80. The molecule has 3 aliphatic heterocycles. The molecule has 2 aromatic rings. The van der Waals surface area contributed by atoms with Crippen LogP contribution < -0.4 is 11.1 Å². The number of sulfone groups is 1. The lowest BCUT2D eigenvalue weighted by atomic mass is 9.83. The molecule has 9 nitrogen and oxygen atoms in total. The highest BCUT2D eigenvalue weighted by Gasteiger charge is 2.47. The van der Waals surface area contributed by atoms with Gasteiger partial charge in [0.05, 0.1) is 15.6 Å². The third kappa shape index (κ3) is 6.01. The third-order valence-electron chi connectivity index (χ3n) is 8.02. The highest BCUT2D eigenvalue weighted by molar-refractivity contribution is 7.95. The molecule has 2 bridgehead atoms. The maximum absolute atomic E-state index is 14.1. The number of sulfonamides is 1. The molecule has 1 amide bonds. The molecule has 3 heterocycles. The lowest BCUT2D eigenvalue weighted by Gasteiger charge is -2.40. The van der Waals surface area contributed by atoms with E-state index >= 15 is 0 Å². The number of piperidine rings is 1. The number of fused-ring (bicyclic) bond motifs is 3. The first-order valence-electron chi connectivity index (χ1n) is 13.2. The zero-order valence-corrected chi connectivity index (χ0v) is 23.6. The molecule has 1 unspecified atom stereocenters. The van der Waals surface area contributed by atoms with Crippen LogP contribution in [0.3, 0.4) is 0 Å². The second-order valence-electron chi connectivity index (χ2n) is 10.6. The van der Waals surface area contributed by atoms with Gasteiger partial charge in [-0.3, -0.25) is 0 Å². The maximum Gasteiger partial charge on any atom is 0.407 e. The Labute approximate surface area is 236 Å². The van der Waals surface area contributed by atoms with E-state index in [-0.39, 0.29) is 52.1 Å². The predicted molar refractivity (Wildman–Crippen MR) is 144 cm³/mol. The number of halogens is 3. The van der Waals surface area contributed by atoms with Gasteiger partial charge in [-0.2, -0.15) is 4.31 Å². The molecule has 3 aliphatic rings. The Morgan fingerprint density at radius 3 is 2.41 bits per heavy atom. The van der Waals surface area contributed by atoms with E-state index in [9.17, 15) is 34.8 Å². The third-order valence-corrected chi connectivity index (χ3v) is 11.9. The summed E-state index contributed by atoms with van der Waals surface area (Å²) in [5.74, 6) is -3.81. The van der Waals surface area contributed by atoms with E-state index < -0.39 is 56.1 Å². The fourth-order valence-electron chi connectivity index (χ4n) is 6.05. The quantitative estimate of drug-likeness (QED) is 0.415. The second kappa shape index (κ2) is 11.4. The lowest BCUT2D eigenvalue weighted by molar-refractivity contribution is 0.158. The molecule has 0 radical (unpaired) electrons. The van der Waals surface area contributed by atoms with Crippen LogP contribution in [-0.4, -0.2) is 64.3 Å². The van der Waals surface area contributed by atoms with Crippen LogP contribution in [0.2, 0.25) is 0 Å². The summed E-state index contributed by atoms with van der Waals surface area (Å²) in [7, 11) is -7.51. The molecule has 41 heavy (non-hydrogen) atoms. The molecule has 222 valence electrons. The van der Waals surface area contributed by atoms with Crippen molar-refractivity contribution in [1.29, 1.82) is 0 Å². The molecule has 0 spiro atoms. The number of ether oxygens (including phenoxy) is 1. The van der Waals surface area contributed by atoms with E-state index in [0.29, 0.717) is 37.3 Å². The fraction of sp³-hybridized carbons (Fsp3) is 0.444. The van der Waals surface area contributed by atoms with Crippen LogP contribution in [0.5, 0.6) is 0 Å². The summed E-state index contributed by atoms with van der Waals surface area (Å²) in [6.45, 7) is -0.719. The number of carbonyl (C=O) groups is 1. The van der Waals surface area contributed by atoms with Crippen molar-refractivity contribution in [3.05, 3.63) is 69.9 Å². The van der Waals surface area contributed by atoms with E-state index in [0.717, 1.165) is 6.07 Å². The number of hydrogen-bond donors (Lipinski definition) is 2. The highest BCUT2D eigenvalue weighted by Crippen LogP contribution is 2.42. The molecule has 2 fully saturated rings. The van der Waals surface area contributed by atoms with Crippen molar-refractivity contribution in [2.75, 3.05) is 18.9 Å². The predicted octanol–water partition coefficient (Wildman–Crippen LogP) is 3.10. The van der Waals surface area contributed by atoms with Gasteiger partial charge < -0.3 is 15.8 Å². The molecule has 0 aromatic heterocycles. The van der Waals surface area contributed by atoms with Gasteiger partial charge in [-0.1, -0.05) is 18.2 Å². The van der Waals surface area contributed by atoms with Crippen LogP contribution in [0, 0.1) is 23.4 Å². The van der Waals surface area contributed by atoms with Crippen LogP contribution >= 0.6 is 0 Å². The summed E-state index contributed by atoms with van der Waals surface area (Å²) in [6.07, 6.45) is 2.65. The number of hydrogen-bond acceptors (Lipinski definition) is 7. The van der Waals surface area contributed by atoms with Crippen molar-refractivity contribution in [2.45, 2.75) is 55.1 Å². The van der Waals surface area contributed by atoms with Crippen LogP contribution in [0.15, 0.2) is 46.2 Å². The van der Waals surface area contributed by atoms with Gasteiger partial charge in [-0.15, -0.1) is 0 Å². The Bertz CT molecular complexity index is 1590. The molecule has 4 atom stereocenters. The van der Waals surface area contributed by atoms with Crippen LogP contribution in [-0.2, 0) is 31.0 Å². The molecular weight excluding hydrogens is 583 g/mol. The summed E-state index contributed by atoms with van der Waals surface area (Å²) < 4.78 is 99.0. The first-order valence-corrected chi connectivity index (χ1v) is 16.3. The Hall–Kier alpha value is -2.94. The normalized spacial score (nSPS) is 24.0. The minimum Gasteiger partial charge on any atom is -0.444 e. The van der Waals surface area contributed by atoms with Crippen molar-refractivity contribution in [1.82, 2.24) is 9.62 Å². The van der Waals surface area contributed by atoms with Gasteiger partial charge in [-0.25, -0.2) is 34.8 Å². The molecule has 2 aromatic carbocycles. The van der Waals surface area contributed by atoms with E-state index in [2.05, 4.69) is 5.32 Å². The summed E-state index contributed by atoms with van der Waals surface area (Å²) in [5, 5.41) is 2.37. The number of alkyl carbamates (subject to hydrolysis) is 1. The number of nitrogens with two attached hydrogens (primary N) is 1. The largest absolute Gasteiger partial charge is 0.444 e. The number of benzene rings is 2. The van der Waals surface area contributed by atoms with Crippen molar-refractivity contribution in [3.8, 4) is 0 Å². The standard InChI is InChI=1S/C27H30F3N3O6S2/c28-22-14-24(30)23(29)12-17(22)13-25(31)18-9-19-5-6-20(10-18)33(19)40(35,36)8-7-32-27(34)39-15-21-11-16-3-1-2-4-26(16)41(21,37)38/h1-4,11-12,14,18-20,25H,5-10,13,15,31H2,(H,32,34)/t18-,19-,20+,25?. The first-order chi connectivity index (χ1) is 19.4. The minimum atomic E-state index is -3.76. The summed E-state index contributed by atoms with van der Waals surface area (Å²) in [4.78, 5) is 12.2. The Morgan fingerprint density at radius 1 is 1.07 bits per heavy atom. The molecule has 14 heteroatoms. The monoisotopic (exact) mass is 613 g/mol. The maximum atomic E-state index is 14.1. The first kappa shape index (κ1) is 29.5. The average molecular weight is 614 g/mol. The topological polar surface area (TPSA) is 136 Å². The minimum absolute atomic E-state index is 0.00376. The molecule has 2 saturated heterocycles. The van der Waals surface area contributed by atoms with Gasteiger partial charge in [-0.05, 0) is 67.4 Å². The SMILES string of the molecule is NC(Cc1cc(F)c(F)cc1F)[C@@H]1C[C@H]2CC[C@@H](C1)N2S(=O)(=O)CCNC(=O)OCC1=Cc2ccccc2S1(=O)=O. The molecular formula is C27H30F3N3O6S2. The van der Waals surface area contributed by atoms with E-state index in [4.69, 9.17) is 10.5 Å². The Balaban J connectivity index is 1.11. The van der Waals surface area contributed by atoms with E-state index in [1.54, 1.807) is 18.2 Å². The number of nitrogens with one attached hydrogen (secondary N) is 1. The van der Waals surface area contributed by atoms with Crippen molar-refractivity contribution in [3.63, 3.8) is 0 Å². The Morgan fingerprint density at radius 2 is 1.73 bits per heavy atom. The van der Waals surface area contributed by atoms with Crippen LogP contribution in [0.4, 0.5) is 18.0 Å². The molecule has 3 N–H and O–H groups in total. The number of amides is 1. The number of carbonyl (C=O) groups excluding carboxylic acids is 1. The van der Waals surface area contributed by atoms with Gasteiger partial charge in [0.1, 0.15) is 12.4 Å². The average Bonchev–Trinajstić information content (AvgIpc) is 3.35. The highest BCUT2D eigenvalue weighted by atomic mass is 32.2. The lowest BCUT2D eigenvalue weighted by Crippen LogP contribution is -2.51. The van der Waals surface area contributed by atoms with E-state index in [1.165, 1.54) is 16.4 Å². The Kier molecular flexibility index (Phi) is 8.21.